The molecule has 2 N–H and O–H groups in total. The Bertz CT molecular complexity index is 485. The van der Waals surface area contributed by atoms with Crippen LogP contribution >= 0.6 is 11.6 Å². The summed E-state index contributed by atoms with van der Waals surface area (Å²) < 4.78 is 5.34. The molecule has 1 heterocycles. The van der Waals surface area contributed by atoms with Gasteiger partial charge in [0.25, 0.3) is 0 Å². The van der Waals surface area contributed by atoms with Gasteiger partial charge in [0.15, 0.2) is 0 Å². The van der Waals surface area contributed by atoms with Crippen LogP contribution in [0.4, 0.5) is 5.69 Å². The van der Waals surface area contributed by atoms with Crippen molar-refractivity contribution in [3.63, 3.8) is 0 Å². The Balaban J connectivity index is 2.30. The number of amides is 1. The molecule has 0 bridgehead atoms. The van der Waals surface area contributed by atoms with E-state index >= 15 is 0 Å². The molecular formula is C15H21ClN2O2. The van der Waals surface area contributed by atoms with Crippen LogP contribution in [-0.2, 0) is 11.2 Å². The topological polar surface area (TPSA) is 50.4 Å². The Morgan fingerprint density at radius 3 is 2.95 bits per heavy atom. The monoisotopic (exact) mass is 296 g/mol. The van der Waals surface area contributed by atoms with Crippen LogP contribution in [0, 0.1) is 5.92 Å². The van der Waals surface area contributed by atoms with E-state index in [1.54, 1.807) is 13.2 Å². The minimum absolute atomic E-state index is 0.117. The van der Waals surface area contributed by atoms with Gasteiger partial charge in [-0.25, -0.2) is 0 Å². The van der Waals surface area contributed by atoms with Crippen molar-refractivity contribution in [1.29, 1.82) is 0 Å². The number of carbonyl (C=O) groups is 1. The van der Waals surface area contributed by atoms with Crippen LogP contribution in [0.3, 0.4) is 0 Å². The fourth-order valence-corrected chi connectivity index (χ4v) is 2.91. The predicted octanol–water partition coefficient (Wildman–Crippen LogP) is 2.85. The molecule has 1 aromatic carbocycles. The molecule has 1 aromatic rings. The number of ether oxygens (including phenoxy) is 1. The van der Waals surface area contributed by atoms with Crippen LogP contribution in [0.15, 0.2) is 12.1 Å². The van der Waals surface area contributed by atoms with E-state index in [0.29, 0.717) is 22.4 Å². The summed E-state index contributed by atoms with van der Waals surface area (Å²) in [6, 6.07) is 3.62. The summed E-state index contributed by atoms with van der Waals surface area (Å²) in [5, 5.41) is 6.94. The molecule has 1 amide bonds. The van der Waals surface area contributed by atoms with Gasteiger partial charge in [-0.3, -0.25) is 4.79 Å². The van der Waals surface area contributed by atoms with Crippen molar-refractivity contribution in [2.45, 2.75) is 26.2 Å². The van der Waals surface area contributed by atoms with Gasteiger partial charge in [0.2, 0.25) is 5.91 Å². The number of hydrogen-bond acceptors (Lipinski definition) is 3. The van der Waals surface area contributed by atoms with E-state index in [-0.39, 0.29) is 5.91 Å². The van der Waals surface area contributed by atoms with E-state index in [1.807, 2.05) is 6.07 Å². The summed E-state index contributed by atoms with van der Waals surface area (Å²) in [5.74, 6) is 1.08. The number of methoxy groups -OCH3 is 1. The van der Waals surface area contributed by atoms with Crippen LogP contribution < -0.4 is 15.4 Å². The Morgan fingerprint density at radius 2 is 2.35 bits per heavy atom. The molecular weight excluding hydrogens is 276 g/mol. The summed E-state index contributed by atoms with van der Waals surface area (Å²) >= 11 is 6.33. The number of benzene rings is 1. The number of nitrogens with one attached hydrogen (secondary N) is 2. The second-order valence-corrected chi connectivity index (χ2v) is 5.61. The van der Waals surface area contributed by atoms with Crippen LogP contribution in [0.1, 0.15) is 25.3 Å². The maximum atomic E-state index is 11.4. The molecule has 0 radical (unpaired) electrons. The van der Waals surface area contributed by atoms with Crippen molar-refractivity contribution in [3.8, 4) is 5.75 Å². The quantitative estimate of drug-likeness (QED) is 0.898. The van der Waals surface area contributed by atoms with E-state index in [2.05, 4.69) is 10.6 Å². The number of piperidine rings is 1. The van der Waals surface area contributed by atoms with Crippen molar-refractivity contribution in [1.82, 2.24) is 5.32 Å². The lowest BCUT2D eigenvalue weighted by atomic mass is 9.91. The van der Waals surface area contributed by atoms with Gasteiger partial charge < -0.3 is 15.4 Å². The molecule has 0 aliphatic carbocycles. The third-order valence-corrected chi connectivity index (χ3v) is 3.98. The summed E-state index contributed by atoms with van der Waals surface area (Å²) in [6.45, 7) is 3.57. The Labute approximate surface area is 124 Å². The number of carbonyl (C=O) groups excluding carboxylic acids is 1. The molecule has 0 aromatic heterocycles. The molecule has 1 aliphatic rings. The molecule has 2 rings (SSSR count). The maximum absolute atomic E-state index is 11.4. The van der Waals surface area contributed by atoms with Crippen molar-refractivity contribution in [2.24, 2.45) is 5.92 Å². The lowest BCUT2D eigenvalue weighted by Crippen LogP contribution is -2.31. The first-order valence-electron chi connectivity index (χ1n) is 6.95. The van der Waals surface area contributed by atoms with Gasteiger partial charge in [0.1, 0.15) is 5.75 Å². The minimum atomic E-state index is -0.117. The van der Waals surface area contributed by atoms with Gasteiger partial charge in [-0.1, -0.05) is 11.6 Å². The number of rotatable bonds is 4. The van der Waals surface area contributed by atoms with Gasteiger partial charge in [0.05, 0.1) is 12.8 Å². The fourth-order valence-electron chi connectivity index (χ4n) is 2.67. The van der Waals surface area contributed by atoms with Crippen LogP contribution in [-0.4, -0.2) is 26.1 Å². The first kappa shape index (κ1) is 15.1. The molecule has 1 unspecified atom stereocenters. The van der Waals surface area contributed by atoms with Gasteiger partial charge in [-0.15, -0.1) is 0 Å². The van der Waals surface area contributed by atoms with Gasteiger partial charge in [-0.2, -0.15) is 0 Å². The lowest BCUT2D eigenvalue weighted by molar-refractivity contribution is -0.114. The summed E-state index contributed by atoms with van der Waals surface area (Å²) in [7, 11) is 1.60. The Hall–Kier alpha value is -1.26. The van der Waals surface area contributed by atoms with E-state index < -0.39 is 0 Å². The Kier molecular flexibility index (Phi) is 5.26. The van der Waals surface area contributed by atoms with Crippen molar-refractivity contribution in [2.75, 3.05) is 25.5 Å². The minimum Gasteiger partial charge on any atom is -0.495 e. The molecule has 1 saturated heterocycles. The summed E-state index contributed by atoms with van der Waals surface area (Å²) in [4.78, 5) is 11.4. The number of halogens is 1. The van der Waals surface area contributed by atoms with Crippen LogP contribution in [0.25, 0.3) is 0 Å². The number of anilines is 1. The Morgan fingerprint density at radius 1 is 1.55 bits per heavy atom. The highest BCUT2D eigenvalue weighted by molar-refractivity contribution is 6.32. The van der Waals surface area contributed by atoms with E-state index in [0.717, 1.165) is 25.1 Å². The standard InChI is InChI=1S/C15H21ClN2O2/c1-10(19)18-15-12(8-11-4-3-7-17-9-11)13(16)5-6-14(15)20-2/h5-6,11,17H,3-4,7-9H2,1-2H3,(H,18,19). The predicted molar refractivity (Wildman–Crippen MR) is 81.6 cm³/mol. The van der Waals surface area contributed by atoms with Crippen LogP contribution in [0.5, 0.6) is 5.75 Å². The zero-order chi connectivity index (χ0) is 14.5. The first-order valence-corrected chi connectivity index (χ1v) is 7.33. The fraction of sp³-hybridized carbons (Fsp3) is 0.533. The average molecular weight is 297 g/mol. The molecule has 20 heavy (non-hydrogen) atoms. The largest absolute Gasteiger partial charge is 0.495 e. The third kappa shape index (κ3) is 3.64. The first-order chi connectivity index (χ1) is 9.61. The number of hydrogen-bond donors (Lipinski definition) is 2. The highest BCUT2D eigenvalue weighted by Crippen LogP contribution is 2.36. The van der Waals surface area contributed by atoms with Gasteiger partial charge >= 0.3 is 0 Å². The molecule has 1 aliphatic heterocycles. The average Bonchev–Trinajstić information content (AvgIpc) is 2.44. The second-order valence-electron chi connectivity index (χ2n) is 5.20. The molecule has 0 spiro atoms. The summed E-state index contributed by atoms with van der Waals surface area (Å²) in [5.41, 5.74) is 1.67. The molecule has 1 fully saturated rings. The molecule has 110 valence electrons. The highest BCUT2D eigenvalue weighted by Gasteiger charge is 2.20. The van der Waals surface area contributed by atoms with E-state index in [9.17, 15) is 4.79 Å². The van der Waals surface area contributed by atoms with Crippen molar-refractivity contribution in [3.05, 3.63) is 22.7 Å². The van der Waals surface area contributed by atoms with E-state index in [4.69, 9.17) is 16.3 Å². The lowest BCUT2D eigenvalue weighted by Gasteiger charge is -2.25. The molecule has 5 heteroatoms. The van der Waals surface area contributed by atoms with Crippen LogP contribution in [0.2, 0.25) is 5.02 Å². The third-order valence-electron chi connectivity index (χ3n) is 3.63. The van der Waals surface area contributed by atoms with E-state index in [1.165, 1.54) is 19.8 Å². The smallest absolute Gasteiger partial charge is 0.221 e. The molecule has 4 nitrogen and oxygen atoms in total. The maximum Gasteiger partial charge on any atom is 0.221 e. The zero-order valence-electron chi connectivity index (χ0n) is 12.0. The normalized spacial score (nSPS) is 18.6. The SMILES string of the molecule is COc1ccc(Cl)c(CC2CCCNC2)c1NC(C)=O. The highest BCUT2D eigenvalue weighted by atomic mass is 35.5. The molecule has 0 saturated carbocycles. The second kappa shape index (κ2) is 6.95. The van der Waals surface area contributed by atoms with Gasteiger partial charge in [-0.05, 0) is 56.0 Å². The molecule has 1 atom stereocenters. The van der Waals surface area contributed by atoms with Crippen molar-refractivity contribution < 1.29 is 9.53 Å². The van der Waals surface area contributed by atoms with Crippen molar-refractivity contribution >= 4 is 23.2 Å². The van der Waals surface area contributed by atoms with Gasteiger partial charge in [0, 0.05) is 11.9 Å². The summed E-state index contributed by atoms with van der Waals surface area (Å²) in [6.07, 6.45) is 3.21. The zero-order valence-corrected chi connectivity index (χ0v) is 12.7.